The molecule has 1 amide bonds. The normalized spacial score (nSPS) is 11.1. The van der Waals surface area contributed by atoms with Crippen molar-refractivity contribution >= 4 is 50.5 Å². The Morgan fingerprint density at radius 2 is 1.55 bits per heavy atom. The number of anilines is 2. The van der Waals surface area contributed by atoms with Gasteiger partial charge in [-0.1, -0.05) is 38.3 Å². The molecule has 0 spiro atoms. The summed E-state index contributed by atoms with van der Waals surface area (Å²) in [6, 6.07) is 4.27. The van der Waals surface area contributed by atoms with Crippen molar-refractivity contribution in [1.29, 1.82) is 10.5 Å². The zero-order valence-electron chi connectivity index (χ0n) is 31.7. The third-order valence-corrected chi connectivity index (χ3v) is 8.99. The summed E-state index contributed by atoms with van der Waals surface area (Å²) in [6.45, 7) is 19.4. The number of azo groups is 1. The molecule has 53 heavy (non-hydrogen) atoms. The molecule has 2 aromatic rings. The number of allylic oxidation sites excluding steroid dienone is 2. The Hall–Kier alpha value is -4.72. The van der Waals surface area contributed by atoms with Gasteiger partial charge >= 0.3 is 5.97 Å². The van der Waals surface area contributed by atoms with E-state index < -0.39 is 0 Å². The van der Waals surface area contributed by atoms with Crippen molar-refractivity contribution in [2.24, 2.45) is 10.2 Å². The SMILES string of the molecule is [C-]#[N+]c1sc(N=Nc2c(NC(C)=O)nc(N(CC)CCOCCOCCOCCOC(=O)CCC/C=C/CCCCCC)c(C#N)c2C)c(C#N)c1C. The van der Waals surface area contributed by atoms with E-state index in [1.54, 1.807) is 13.8 Å². The summed E-state index contributed by atoms with van der Waals surface area (Å²) in [5, 5.41) is 31.5. The maximum atomic E-state index is 12.1. The molecule has 286 valence electrons. The van der Waals surface area contributed by atoms with Crippen LogP contribution < -0.4 is 10.2 Å². The molecule has 0 unspecified atom stereocenters. The average molecular weight is 749 g/mol. The van der Waals surface area contributed by atoms with Crippen LogP contribution in [0.2, 0.25) is 0 Å². The third-order valence-electron chi connectivity index (χ3n) is 7.92. The Bertz CT molecular complexity index is 1650. The first-order valence-corrected chi connectivity index (χ1v) is 18.9. The highest BCUT2D eigenvalue weighted by atomic mass is 32.1. The summed E-state index contributed by atoms with van der Waals surface area (Å²) in [6.07, 6.45) is 12.6. The minimum Gasteiger partial charge on any atom is -0.463 e. The number of pyridine rings is 1. The highest BCUT2D eigenvalue weighted by Gasteiger charge is 2.22. The molecule has 2 heterocycles. The monoisotopic (exact) mass is 748 g/mol. The molecule has 0 saturated carbocycles. The molecule has 0 fully saturated rings. The summed E-state index contributed by atoms with van der Waals surface area (Å²) in [4.78, 5) is 33.9. The predicted octanol–water partition coefficient (Wildman–Crippen LogP) is 8.54. The number of carbonyl (C=O) groups excluding carboxylic acids is 2. The Morgan fingerprint density at radius 3 is 2.15 bits per heavy atom. The number of nitrogens with zero attached hydrogens (tertiary/aromatic N) is 7. The Kier molecular flexibility index (Phi) is 21.9. The molecule has 1 N–H and O–H groups in total. The van der Waals surface area contributed by atoms with E-state index in [4.69, 9.17) is 25.5 Å². The smallest absolute Gasteiger partial charge is 0.305 e. The van der Waals surface area contributed by atoms with Crippen molar-refractivity contribution in [2.45, 2.75) is 86.0 Å². The summed E-state index contributed by atoms with van der Waals surface area (Å²) in [7, 11) is 0. The molecule has 0 aromatic carbocycles. The lowest BCUT2D eigenvalue weighted by molar-refractivity contribution is -0.145. The predicted molar refractivity (Wildman–Crippen MR) is 205 cm³/mol. The summed E-state index contributed by atoms with van der Waals surface area (Å²) in [5.74, 6) is -0.121. The lowest BCUT2D eigenvalue weighted by atomic mass is 10.1. The number of carbonyl (C=O) groups is 2. The van der Waals surface area contributed by atoms with Crippen LogP contribution in [0.25, 0.3) is 4.85 Å². The van der Waals surface area contributed by atoms with Crippen LogP contribution in [0.5, 0.6) is 0 Å². The van der Waals surface area contributed by atoms with E-state index >= 15 is 0 Å². The lowest BCUT2D eigenvalue weighted by Gasteiger charge is -2.25. The van der Waals surface area contributed by atoms with Crippen molar-refractivity contribution < 1.29 is 28.5 Å². The molecule has 0 bridgehead atoms. The number of nitriles is 2. The molecule has 2 aromatic heterocycles. The van der Waals surface area contributed by atoms with Gasteiger partial charge in [-0.15, -0.1) is 21.6 Å². The zero-order chi connectivity index (χ0) is 38.8. The molecule has 0 aliphatic carbocycles. The number of esters is 1. The van der Waals surface area contributed by atoms with Gasteiger partial charge in [0.05, 0.1) is 57.3 Å². The van der Waals surface area contributed by atoms with Gasteiger partial charge in [0.15, 0.2) is 5.82 Å². The standard InChI is InChI=1S/C38H52N8O6S/c1-7-9-10-11-12-13-14-15-16-17-33(48)52-25-24-51-23-22-50-21-20-49-19-18-46(8-2)36-31(26-39)28(3)34(35(43-36)42-30(5)47)44-45-38-32(27-40)29(4)37(41-6)53-38/h13-14H,7-12,15-25H2,1-5H3,(H,42,43,47)/b14-13+,45-44?. The highest BCUT2D eigenvalue weighted by Crippen LogP contribution is 2.42. The second-order valence-electron chi connectivity index (χ2n) is 11.9. The first-order valence-electron chi connectivity index (χ1n) is 18.1. The maximum Gasteiger partial charge on any atom is 0.305 e. The number of rotatable bonds is 26. The average Bonchev–Trinajstić information content (AvgIpc) is 3.45. The number of nitrogens with one attached hydrogen (secondary N) is 1. The fourth-order valence-electron chi connectivity index (χ4n) is 5.01. The second-order valence-corrected chi connectivity index (χ2v) is 12.9. The summed E-state index contributed by atoms with van der Waals surface area (Å²) >= 11 is 1.04. The van der Waals surface area contributed by atoms with Crippen molar-refractivity contribution in [1.82, 2.24) is 4.98 Å². The van der Waals surface area contributed by atoms with E-state index in [9.17, 15) is 20.1 Å². The van der Waals surface area contributed by atoms with E-state index in [1.165, 1.54) is 32.6 Å². The van der Waals surface area contributed by atoms with Crippen LogP contribution in [0.4, 0.5) is 27.3 Å². The fourth-order valence-corrected chi connectivity index (χ4v) is 5.88. The van der Waals surface area contributed by atoms with E-state index in [0.29, 0.717) is 81.1 Å². The summed E-state index contributed by atoms with van der Waals surface area (Å²) < 4.78 is 22.0. The number of hydrogen-bond acceptors (Lipinski definition) is 13. The molecule has 2 rings (SSSR count). The first-order chi connectivity index (χ1) is 25.7. The van der Waals surface area contributed by atoms with Gasteiger partial charge in [0.1, 0.15) is 35.3 Å². The van der Waals surface area contributed by atoms with Gasteiger partial charge in [0.2, 0.25) is 10.9 Å². The first kappa shape index (κ1) is 44.4. The van der Waals surface area contributed by atoms with E-state index in [1.807, 2.05) is 11.8 Å². The van der Waals surface area contributed by atoms with Crippen LogP contribution in [0, 0.1) is 43.1 Å². The van der Waals surface area contributed by atoms with Crippen LogP contribution in [0.1, 0.15) is 94.4 Å². The number of ether oxygens (including phenoxy) is 4. The van der Waals surface area contributed by atoms with Crippen LogP contribution >= 0.6 is 11.3 Å². The van der Waals surface area contributed by atoms with Crippen molar-refractivity contribution in [2.75, 3.05) is 69.6 Å². The van der Waals surface area contributed by atoms with Gasteiger partial charge < -0.3 is 29.2 Å². The number of amides is 1. The van der Waals surface area contributed by atoms with Gasteiger partial charge in [0.25, 0.3) is 0 Å². The number of unbranched alkanes of at least 4 members (excludes halogenated alkanes) is 5. The van der Waals surface area contributed by atoms with Crippen molar-refractivity contribution in [3.8, 4) is 12.1 Å². The molecule has 14 nitrogen and oxygen atoms in total. The van der Waals surface area contributed by atoms with Gasteiger partial charge in [-0.3, -0.25) is 9.59 Å². The number of hydrogen-bond donors (Lipinski definition) is 1. The van der Waals surface area contributed by atoms with Gasteiger partial charge in [-0.05, 0) is 52.0 Å². The fraction of sp³-hybridized carbons (Fsp3) is 0.579. The van der Waals surface area contributed by atoms with E-state index in [0.717, 1.165) is 30.6 Å². The molecule has 0 atom stereocenters. The zero-order valence-corrected chi connectivity index (χ0v) is 32.5. The minimum absolute atomic E-state index is 0.116. The van der Waals surface area contributed by atoms with Gasteiger partial charge in [-0.25, -0.2) is 9.83 Å². The molecular formula is C38H52N8O6S. The Morgan fingerprint density at radius 1 is 0.906 bits per heavy atom. The Balaban J connectivity index is 1.77. The number of thiophene rings is 1. The summed E-state index contributed by atoms with van der Waals surface area (Å²) in [5.41, 5.74) is 1.65. The molecular weight excluding hydrogens is 697 g/mol. The second kappa shape index (κ2) is 26.1. The maximum absolute atomic E-state index is 12.1. The molecule has 0 aliphatic rings. The third kappa shape index (κ3) is 15.8. The topological polar surface area (TPSA) is 176 Å². The largest absolute Gasteiger partial charge is 0.463 e. The van der Waals surface area contributed by atoms with Gasteiger partial charge in [-0.2, -0.15) is 10.5 Å². The van der Waals surface area contributed by atoms with E-state index in [2.05, 4.69) is 56.6 Å². The van der Waals surface area contributed by atoms with Gasteiger partial charge in [0, 0.05) is 32.0 Å². The van der Waals surface area contributed by atoms with Crippen molar-refractivity contribution in [3.63, 3.8) is 0 Å². The highest BCUT2D eigenvalue weighted by molar-refractivity contribution is 7.20. The molecule has 0 aliphatic heterocycles. The van der Waals surface area contributed by atoms with Crippen LogP contribution in [0.15, 0.2) is 22.4 Å². The van der Waals surface area contributed by atoms with Crippen molar-refractivity contribution in [3.05, 3.63) is 45.8 Å². The number of likely N-dealkylation sites (N-methyl/N-ethyl adjacent to an activating group) is 1. The molecule has 15 heteroatoms. The minimum atomic E-state index is -0.387. The number of aromatic nitrogens is 1. The lowest BCUT2D eigenvalue weighted by Crippen LogP contribution is -2.30. The van der Waals surface area contributed by atoms with E-state index in [-0.39, 0.29) is 46.1 Å². The van der Waals surface area contributed by atoms with Crippen LogP contribution in [-0.4, -0.2) is 76.2 Å². The Labute approximate surface area is 317 Å². The van der Waals surface area contributed by atoms with Crippen LogP contribution in [-0.2, 0) is 28.5 Å². The molecule has 0 radical (unpaired) electrons. The molecule has 0 saturated heterocycles. The quantitative estimate of drug-likeness (QED) is 0.0323. The van der Waals surface area contributed by atoms with Crippen LogP contribution in [0.3, 0.4) is 0 Å².